The van der Waals surface area contributed by atoms with Gasteiger partial charge in [-0.05, 0) is 31.0 Å². The lowest BCUT2D eigenvalue weighted by atomic mass is 10.1. The zero-order valence-corrected chi connectivity index (χ0v) is 11.0. The summed E-state index contributed by atoms with van der Waals surface area (Å²) in [5.41, 5.74) is 1.72. The zero-order chi connectivity index (χ0) is 13.1. The fourth-order valence-corrected chi connectivity index (χ4v) is 2.43. The van der Waals surface area contributed by atoms with E-state index in [1.165, 1.54) is 7.11 Å². The first-order valence-electron chi connectivity index (χ1n) is 5.15. The molecule has 0 aliphatic heterocycles. The van der Waals surface area contributed by atoms with Crippen LogP contribution in [0.4, 0.5) is 5.69 Å². The minimum Gasteiger partial charge on any atom is -0.505 e. The Morgan fingerprint density at radius 2 is 2.00 bits per heavy atom. The molecule has 0 aliphatic rings. The summed E-state index contributed by atoms with van der Waals surface area (Å²) in [4.78, 5) is 0. The normalized spacial score (nSPS) is 11.5. The van der Waals surface area contributed by atoms with Gasteiger partial charge in [-0.1, -0.05) is 6.07 Å². The van der Waals surface area contributed by atoms with Crippen molar-refractivity contribution in [1.29, 1.82) is 0 Å². The highest BCUT2D eigenvalue weighted by atomic mass is 32.2. The summed E-state index contributed by atoms with van der Waals surface area (Å²) in [6.45, 7) is 3.66. The topological polar surface area (TPSA) is 75.6 Å². The van der Waals surface area contributed by atoms with Gasteiger partial charge in [-0.25, -0.2) is 8.42 Å². The first-order valence-corrected chi connectivity index (χ1v) is 6.80. The molecule has 0 unspecified atom stereocenters. The summed E-state index contributed by atoms with van der Waals surface area (Å²) in [6.07, 6.45) is 0. The number of nitrogens with one attached hydrogen (secondary N) is 1. The average Bonchev–Trinajstić information content (AvgIpc) is 2.22. The largest absolute Gasteiger partial charge is 0.505 e. The van der Waals surface area contributed by atoms with Gasteiger partial charge in [0.05, 0.1) is 18.0 Å². The van der Waals surface area contributed by atoms with Crippen molar-refractivity contribution in [3.8, 4) is 5.75 Å². The van der Waals surface area contributed by atoms with E-state index in [9.17, 15) is 13.5 Å². The average molecular weight is 259 g/mol. The van der Waals surface area contributed by atoms with Crippen molar-refractivity contribution in [2.45, 2.75) is 13.8 Å². The molecule has 1 aromatic carbocycles. The van der Waals surface area contributed by atoms with E-state index < -0.39 is 10.0 Å². The van der Waals surface area contributed by atoms with Gasteiger partial charge in [0.25, 0.3) is 0 Å². The van der Waals surface area contributed by atoms with E-state index in [2.05, 4.69) is 4.72 Å². The highest BCUT2D eigenvalue weighted by molar-refractivity contribution is 7.92. The SMILES string of the molecule is COCCS(=O)(=O)Nc1cc(C)cc(C)c1O. The van der Waals surface area contributed by atoms with E-state index in [-0.39, 0.29) is 23.8 Å². The Balaban J connectivity index is 2.95. The van der Waals surface area contributed by atoms with Gasteiger partial charge in [-0.3, -0.25) is 4.72 Å². The van der Waals surface area contributed by atoms with Crippen LogP contribution in [0.3, 0.4) is 0 Å². The molecule has 2 N–H and O–H groups in total. The van der Waals surface area contributed by atoms with Crippen molar-refractivity contribution < 1.29 is 18.3 Å². The van der Waals surface area contributed by atoms with E-state index >= 15 is 0 Å². The molecule has 0 saturated heterocycles. The molecule has 96 valence electrons. The number of ether oxygens (including phenoxy) is 1. The van der Waals surface area contributed by atoms with Gasteiger partial charge < -0.3 is 9.84 Å². The van der Waals surface area contributed by atoms with Crippen molar-refractivity contribution in [2.24, 2.45) is 0 Å². The smallest absolute Gasteiger partial charge is 0.235 e. The van der Waals surface area contributed by atoms with E-state index in [0.717, 1.165) is 5.56 Å². The Hall–Kier alpha value is -1.27. The van der Waals surface area contributed by atoms with Crippen LogP contribution in [0.15, 0.2) is 12.1 Å². The number of benzene rings is 1. The van der Waals surface area contributed by atoms with Gasteiger partial charge in [0.15, 0.2) is 0 Å². The molecule has 0 aromatic heterocycles. The summed E-state index contributed by atoms with van der Waals surface area (Å²) in [7, 11) is -2.05. The molecule has 0 spiro atoms. The van der Waals surface area contributed by atoms with Gasteiger partial charge in [-0.15, -0.1) is 0 Å². The number of aryl methyl sites for hydroxylation is 2. The van der Waals surface area contributed by atoms with Crippen LogP contribution in [-0.4, -0.2) is 33.0 Å². The second-order valence-electron chi connectivity index (χ2n) is 3.89. The summed E-state index contributed by atoms with van der Waals surface area (Å²) in [5, 5.41) is 9.75. The van der Waals surface area contributed by atoms with Crippen LogP contribution < -0.4 is 4.72 Å². The molecule has 0 amide bonds. The number of anilines is 1. The first-order chi connectivity index (χ1) is 7.85. The first kappa shape index (κ1) is 13.8. The molecule has 0 heterocycles. The number of aromatic hydroxyl groups is 1. The molecule has 0 saturated carbocycles. The van der Waals surface area contributed by atoms with Crippen LogP contribution in [0, 0.1) is 13.8 Å². The molecule has 1 aromatic rings. The quantitative estimate of drug-likeness (QED) is 0.784. The second kappa shape index (κ2) is 5.37. The third-order valence-corrected chi connectivity index (χ3v) is 3.50. The van der Waals surface area contributed by atoms with Crippen molar-refractivity contribution in [3.63, 3.8) is 0 Å². The molecule has 17 heavy (non-hydrogen) atoms. The zero-order valence-electron chi connectivity index (χ0n) is 10.1. The van der Waals surface area contributed by atoms with Crippen LogP contribution in [-0.2, 0) is 14.8 Å². The summed E-state index contributed by atoms with van der Waals surface area (Å²) < 4.78 is 30.3. The van der Waals surface area contributed by atoms with E-state index in [1.54, 1.807) is 19.1 Å². The summed E-state index contributed by atoms with van der Waals surface area (Å²) in [6, 6.07) is 3.37. The Kier molecular flexibility index (Phi) is 4.36. The lowest BCUT2D eigenvalue weighted by Gasteiger charge is -2.11. The Morgan fingerprint density at radius 1 is 1.35 bits per heavy atom. The van der Waals surface area contributed by atoms with Gasteiger partial charge >= 0.3 is 0 Å². The number of phenolic OH excluding ortho intramolecular Hbond substituents is 1. The lowest BCUT2D eigenvalue weighted by molar-refractivity contribution is 0.217. The van der Waals surface area contributed by atoms with Crippen molar-refractivity contribution in [1.82, 2.24) is 0 Å². The van der Waals surface area contributed by atoms with Gasteiger partial charge in [-0.2, -0.15) is 0 Å². The van der Waals surface area contributed by atoms with Crippen LogP contribution in [0.2, 0.25) is 0 Å². The molecule has 6 heteroatoms. The number of sulfonamides is 1. The molecule has 0 radical (unpaired) electrons. The number of methoxy groups -OCH3 is 1. The molecular weight excluding hydrogens is 242 g/mol. The predicted molar refractivity (Wildman–Crippen MR) is 66.9 cm³/mol. The molecule has 0 bridgehead atoms. The lowest BCUT2D eigenvalue weighted by Crippen LogP contribution is -2.19. The maximum absolute atomic E-state index is 11.6. The molecule has 0 atom stereocenters. The predicted octanol–water partition coefficient (Wildman–Crippen LogP) is 1.40. The van der Waals surface area contributed by atoms with Gasteiger partial charge in [0.1, 0.15) is 5.75 Å². The van der Waals surface area contributed by atoms with Crippen LogP contribution in [0.5, 0.6) is 5.75 Å². The van der Waals surface area contributed by atoms with Crippen molar-refractivity contribution in [3.05, 3.63) is 23.3 Å². The number of rotatable bonds is 5. The fraction of sp³-hybridized carbons (Fsp3) is 0.455. The van der Waals surface area contributed by atoms with Crippen LogP contribution in [0.1, 0.15) is 11.1 Å². The number of phenols is 1. The minimum absolute atomic E-state index is 0.0448. The summed E-state index contributed by atoms with van der Waals surface area (Å²) in [5.74, 6) is -0.188. The van der Waals surface area contributed by atoms with E-state index in [1.807, 2.05) is 6.92 Å². The highest BCUT2D eigenvalue weighted by Gasteiger charge is 2.14. The van der Waals surface area contributed by atoms with E-state index in [0.29, 0.717) is 5.56 Å². The fourth-order valence-electron chi connectivity index (χ4n) is 1.45. The van der Waals surface area contributed by atoms with Crippen LogP contribution in [0.25, 0.3) is 0 Å². The Morgan fingerprint density at radius 3 is 2.59 bits per heavy atom. The number of hydrogen-bond acceptors (Lipinski definition) is 4. The van der Waals surface area contributed by atoms with Gasteiger partial charge in [0.2, 0.25) is 10.0 Å². The van der Waals surface area contributed by atoms with E-state index in [4.69, 9.17) is 4.74 Å². The molecule has 0 aliphatic carbocycles. The highest BCUT2D eigenvalue weighted by Crippen LogP contribution is 2.29. The van der Waals surface area contributed by atoms with Crippen LogP contribution >= 0.6 is 0 Å². The molecule has 1 rings (SSSR count). The van der Waals surface area contributed by atoms with Crippen molar-refractivity contribution >= 4 is 15.7 Å². The maximum atomic E-state index is 11.6. The molecular formula is C11H17NO4S. The third kappa shape index (κ3) is 3.90. The standard InChI is InChI=1S/C11H17NO4S/c1-8-6-9(2)11(13)10(7-8)12-17(14,15)5-4-16-3/h6-7,12-13H,4-5H2,1-3H3. The number of hydrogen-bond donors (Lipinski definition) is 2. The maximum Gasteiger partial charge on any atom is 0.235 e. The Labute approximate surface area is 101 Å². The monoisotopic (exact) mass is 259 g/mol. The molecule has 0 fully saturated rings. The second-order valence-corrected chi connectivity index (χ2v) is 5.73. The van der Waals surface area contributed by atoms with Gasteiger partial charge in [0, 0.05) is 7.11 Å². The third-order valence-electron chi connectivity index (χ3n) is 2.27. The summed E-state index contributed by atoms with van der Waals surface area (Å²) >= 11 is 0. The molecule has 5 nitrogen and oxygen atoms in total. The minimum atomic E-state index is -3.49. The Bertz CT molecular complexity index is 496. The van der Waals surface area contributed by atoms with Crippen molar-refractivity contribution in [2.75, 3.05) is 24.2 Å².